The van der Waals surface area contributed by atoms with E-state index in [9.17, 15) is 14.7 Å². The van der Waals surface area contributed by atoms with E-state index in [0.29, 0.717) is 10.5 Å². The SMILES string of the molecule is CC(=C/c1ccccc1)/C=C1/SC(=S)N(NC(=O)c2ccc(O)cc2)C1=O. The number of benzene rings is 2. The van der Waals surface area contributed by atoms with Crippen molar-refractivity contribution in [3.05, 3.63) is 82.3 Å². The highest BCUT2D eigenvalue weighted by Gasteiger charge is 2.33. The van der Waals surface area contributed by atoms with Crippen LogP contribution in [0.2, 0.25) is 0 Å². The summed E-state index contributed by atoms with van der Waals surface area (Å²) < 4.78 is 0.255. The Bertz CT molecular complexity index is 951. The number of amides is 2. The van der Waals surface area contributed by atoms with Gasteiger partial charge in [0.15, 0.2) is 4.32 Å². The molecule has 1 aliphatic heterocycles. The van der Waals surface area contributed by atoms with E-state index < -0.39 is 5.91 Å². The molecule has 1 fully saturated rings. The first-order chi connectivity index (χ1) is 12.9. The molecule has 2 N–H and O–H groups in total. The molecule has 0 atom stereocenters. The number of phenols is 1. The zero-order valence-corrected chi connectivity index (χ0v) is 16.0. The van der Waals surface area contributed by atoms with E-state index in [0.717, 1.165) is 27.9 Å². The molecule has 5 nitrogen and oxygen atoms in total. The molecular formula is C20H16N2O3S2. The molecule has 0 saturated carbocycles. The van der Waals surface area contributed by atoms with Gasteiger partial charge in [-0.15, -0.1) is 0 Å². The Balaban J connectivity index is 1.73. The molecule has 0 spiro atoms. The summed E-state index contributed by atoms with van der Waals surface area (Å²) in [7, 11) is 0. The van der Waals surface area contributed by atoms with Crippen LogP contribution in [0.25, 0.3) is 6.08 Å². The summed E-state index contributed by atoms with van der Waals surface area (Å²) in [5.74, 6) is -0.803. The lowest BCUT2D eigenvalue weighted by atomic mass is 10.1. The van der Waals surface area contributed by atoms with Crippen molar-refractivity contribution >= 4 is 46.2 Å². The number of carbonyl (C=O) groups is 2. The lowest BCUT2D eigenvalue weighted by Crippen LogP contribution is -2.44. The molecule has 0 bridgehead atoms. The first-order valence-corrected chi connectivity index (χ1v) is 9.28. The van der Waals surface area contributed by atoms with Crippen LogP contribution < -0.4 is 5.43 Å². The molecule has 2 aromatic rings. The molecule has 1 heterocycles. The zero-order chi connectivity index (χ0) is 19.4. The molecule has 1 saturated heterocycles. The molecule has 0 radical (unpaired) electrons. The Morgan fingerprint density at radius 1 is 1.15 bits per heavy atom. The van der Waals surface area contributed by atoms with Crippen LogP contribution in [0.1, 0.15) is 22.8 Å². The second-order valence-electron chi connectivity index (χ2n) is 5.80. The average Bonchev–Trinajstić information content (AvgIpc) is 2.90. The Labute approximate surface area is 166 Å². The first kappa shape index (κ1) is 18.9. The molecule has 7 heteroatoms. The molecule has 1 aliphatic rings. The number of allylic oxidation sites excluding steroid dienone is 2. The van der Waals surface area contributed by atoms with E-state index in [1.165, 1.54) is 24.3 Å². The summed E-state index contributed by atoms with van der Waals surface area (Å²) >= 11 is 6.35. The molecule has 2 aromatic carbocycles. The van der Waals surface area contributed by atoms with Crippen LogP contribution in [0, 0.1) is 0 Å². The van der Waals surface area contributed by atoms with Gasteiger partial charge >= 0.3 is 0 Å². The second-order valence-corrected chi connectivity index (χ2v) is 7.48. The zero-order valence-electron chi connectivity index (χ0n) is 14.4. The van der Waals surface area contributed by atoms with E-state index in [-0.39, 0.29) is 16.0 Å². The summed E-state index contributed by atoms with van der Waals surface area (Å²) in [6.07, 6.45) is 3.71. The third-order valence-electron chi connectivity index (χ3n) is 3.69. The van der Waals surface area contributed by atoms with Crippen molar-refractivity contribution in [2.24, 2.45) is 0 Å². The maximum Gasteiger partial charge on any atom is 0.285 e. The third kappa shape index (κ3) is 4.64. The minimum atomic E-state index is -0.482. The van der Waals surface area contributed by atoms with Crippen molar-refractivity contribution in [3.8, 4) is 5.75 Å². The van der Waals surface area contributed by atoms with Gasteiger partial charge in [-0.3, -0.25) is 15.0 Å². The summed E-state index contributed by atoms with van der Waals surface area (Å²) in [6.45, 7) is 1.90. The van der Waals surface area contributed by atoms with Crippen LogP contribution in [0.15, 0.2) is 71.2 Å². The predicted molar refractivity (Wildman–Crippen MR) is 111 cm³/mol. The Hall–Kier alpha value is -2.90. The van der Waals surface area contributed by atoms with Gasteiger partial charge in [-0.25, -0.2) is 0 Å². The van der Waals surface area contributed by atoms with Gasteiger partial charge in [0.2, 0.25) is 0 Å². The number of hydrogen-bond donors (Lipinski definition) is 2. The summed E-state index contributed by atoms with van der Waals surface area (Å²) in [6, 6.07) is 15.5. The number of thioether (sulfide) groups is 1. The van der Waals surface area contributed by atoms with Gasteiger partial charge in [-0.1, -0.05) is 48.2 Å². The smallest absolute Gasteiger partial charge is 0.285 e. The number of nitrogens with one attached hydrogen (secondary N) is 1. The molecule has 0 aromatic heterocycles. The van der Waals surface area contributed by atoms with Gasteiger partial charge in [-0.2, -0.15) is 5.01 Å². The highest BCUT2D eigenvalue weighted by molar-refractivity contribution is 8.26. The van der Waals surface area contributed by atoms with Crippen LogP contribution in [0.4, 0.5) is 0 Å². The monoisotopic (exact) mass is 396 g/mol. The van der Waals surface area contributed by atoms with Gasteiger partial charge in [0, 0.05) is 5.56 Å². The predicted octanol–water partition coefficient (Wildman–Crippen LogP) is 3.88. The fraction of sp³-hybridized carbons (Fsp3) is 0.0500. The number of nitrogens with zero attached hydrogens (tertiary/aromatic N) is 1. The topological polar surface area (TPSA) is 69.6 Å². The average molecular weight is 396 g/mol. The van der Waals surface area contributed by atoms with Crippen molar-refractivity contribution in [1.82, 2.24) is 10.4 Å². The Kier molecular flexibility index (Phi) is 5.73. The first-order valence-electron chi connectivity index (χ1n) is 8.05. The maximum absolute atomic E-state index is 12.6. The van der Waals surface area contributed by atoms with Crippen LogP contribution >= 0.6 is 24.0 Å². The number of hydrogen-bond acceptors (Lipinski definition) is 5. The fourth-order valence-electron chi connectivity index (χ4n) is 2.40. The minimum absolute atomic E-state index is 0.0563. The normalized spacial score (nSPS) is 16.1. The minimum Gasteiger partial charge on any atom is -0.508 e. The number of hydrazine groups is 1. The largest absolute Gasteiger partial charge is 0.508 e. The highest BCUT2D eigenvalue weighted by Crippen LogP contribution is 2.31. The molecule has 136 valence electrons. The van der Waals surface area contributed by atoms with Crippen LogP contribution in [0.5, 0.6) is 5.75 Å². The van der Waals surface area contributed by atoms with E-state index >= 15 is 0 Å². The van der Waals surface area contributed by atoms with Gasteiger partial charge in [0.05, 0.1) is 4.91 Å². The van der Waals surface area contributed by atoms with Crippen LogP contribution in [-0.4, -0.2) is 26.3 Å². The number of carbonyl (C=O) groups excluding carboxylic acids is 2. The summed E-state index contributed by atoms with van der Waals surface area (Å²) in [5, 5.41) is 10.4. The van der Waals surface area contributed by atoms with Crippen LogP contribution in [-0.2, 0) is 4.79 Å². The van der Waals surface area contributed by atoms with Crippen molar-refractivity contribution in [1.29, 1.82) is 0 Å². The van der Waals surface area contributed by atoms with Gasteiger partial charge in [0.25, 0.3) is 11.8 Å². The van der Waals surface area contributed by atoms with E-state index in [4.69, 9.17) is 12.2 Å². The van der Waals surface area contributed by atoms with Gasteiger partial charge in [0.1, 0.15) is 5.75 Å². The Morgan fingerprint density at radius 3 is 2.48 bits per heavy atom. The summed E-state index contributed by atoms with van der Waals surface area (Å²) in [5.41, 5.74) is 4.74. The maximum atomic E-state index is 12.6. The molecule has 2 amide bonds. The van der Waals surface area contributed by atoms with Crippen molar-refractivity contribution in [3.63, 3.8) is 0 Å². The number of aromatic hydroxyl groups is 1. The van der Waals surface area contributed by atoms with Crippen molar-refractivity contribution in [2.75, 3.05) is 0 Å². The van der Waals surface area contributed by atoms with Gasteiger partial charge < -0.3 is 5.11 Å². The standard InChI is InChI=1S/C20H16N2O3S2/c1-13(11-14-5-3-2-4-6-14)12-17-19(25)22(20(26)27-17)21-18(24)15-7-9-16(23)10-8-15/h2-12,23H,1H3,(H,21,24)/b13-11-,17-12+. The van der Waals surface area contributed by atoms with Crippen molar-refractivity contribution < 1.29 is 14.7 Å². The van der Waals surface area contributed by atoms with Gasteiger partial charge in [-0.05, 0) is 60.6 Å². The molecular weight excluding hydrogens is 380 g/mol. The number of thiocarbonyl (C=S) groups is 1. The second kappa shape index (κ2) is 8.20. The molecule has 0 unspecified atom stereocenters. The lowest BCUT2D eigenvalue weighted by molar-refractivity contribution is -0.123. The molecule has 0 aliphatic carbocycles. The third-order valence-corrected chi connectivity index (χ3v) is 4.99. The number of rotatable bonds is 4. The number of phenolic OH excluding ortho intramolecular Hbond substituents is 1. The van der Waals surface area contributed by atoms with Crippen molar-refractivity contribution in [2.45, 2.75) is 6.92 Å². The lowest BCUT2D eigenvalue weighted by Gasteiger charge is -2.15. The Morgan fingerprint density at radius 2 is 1.81 bits per heavy atom. The van der Waals surface area contributed by atoms with E-state index in [1.807, 2.05) is 43.3 Å². The molecule has 3 rings (SSSR count). The molecule has 27 heavy (non-hydrogen) atoms. The van der Waals surface area contributed by atoms with E-state index in [1.54, 1.807) is 6.08 Å². The summed E-state index contributed by atoms with van der Waals surface area (Å²) in [4.78, 5) is 25.3. The fourth-order valence-corrected chi connectivity index (χ4v) is 3.63. The van der Waals surface area contributed by atoms with E-state index in [2.05, 4.69) is 5.43 Å². The van der Waals surface area contributed by atoms with Crippen LogP contribution in [0.3, 0.4) is 0 Å². The quantitative estimate of drug-likeness (QED) is 0.606. The highest BCUT2D eigenvalue weighted by atomic mass is 32.2.